The lowest BCUT2D eigenvalue weighted by Crippen LogP contribution is -1.77. The number of unbranched alkanes of at least 4 members (excludes halogenated alkanes) is 10. The summed E-state index contributed by atoms with van der Waals surface area (Å²) in [4.78, 5) is 0. The summed E-state index contributed by atoms with van der Waals surface area (Å²) in [5, 5.41) is 0. The van der Waals surface area contributed by atoms with Crippen molar-refractivity contribution in [1.29, 1.82) is 0 Å². The van der Waals surface area contributed by atoms with E-state index in [1.807, 2.05) is 12.5 Å². The maximum Gasteiger partial charge on any atom is 0.0861 e. The molecule has 0 unspecified atom stereocenters. The van der Waals surface area contributed by atoms with E-state index in [9.17, 15) is 0 Å². The SMILES string of the molecule is CCCCCCCC=COC=CCCCCCCC. The fraction of sp³-hybridized carbons (Fsp3) is 0.778. The molecule has 0 rings (SSSR count). The van der Waals surface area contributed by atoms with Crippen molar-refractivity contribution < 1.29 is 4.74 Å². The van der Waals surface area contributed by atoms with Crippen LogP contribution >= 0.6 is 0 Å². The van der Waals surface area contributed by atoms with E-state index in [2.05, 4.69) is 26.0 Å². The fourth-order valence-corrected chi connectivity index (χ4v) is 2.02. The Kier molecular flexibility index (Phi) is 16.6. The van der Waals surface area contributed by atoms with E-state index in [-0.39, 0.29) is 0 Å². The molecule has 0 aliphatic rings. The predicted octanol–water partition coefficient (Wildman–Crippen LogP) is 6.75. The molecule has 19 heavy (non-hydrogen) atoms. The zero-order valence-electron chi connectivity index (χ0n) is 13.2. The minimum atomic E-state index is 1.15. The van der Waals surface area contributed by atoms with Gasteiger partial charge in [0.2, 0.25) is 0 Å². The summed E-state index contributed by atoms with van der Waals surface area (Å²) in [5.74, 6) is 0. The molecular weight excluding hydrogens is 232 g/mol. The lowest BCUT2D eigenvalue weighted by atomic mass is 10.1. The first-order valence-electron chi connectivity index (χ1n) is 8.37. The Morgan fingerprint density at radius 3 is 1.42 bits per heavy atom. The second kappa shape index (κ2) is 17.3. The summed E-state index contributed by atoms with van der Waals surface area (Å²) in [6.45, 7) is 4.51. The Hall–Kier alpha value is -0.720. The van der Waals surface area contributed by atoms with Crippen LogP contribution in [0.5, 0.6) is 0 Å². The van der Waals surface area contributed by atoms with E-state index in [0.29, 0.717) is 0 Å². The van der Waals surface area contributed by atoms with Crippen LogP contribution in [0.25, 0.3) is 0 Å². The molecule has 0 bridgehead atoms. The highest BCUT2D eigenvalue weighted by Gasteiger charge is 1.87. The first kappa shape index (κ1) is 18.3. The second-order valence-corrected chi connectivity index (χ2v) is 5.29. The van der Waals surface area contributed by atoms with Crippen LogP contribution < -0.4 is 0 Å². The summed E-state index contributed by atoms with van der Waals surface area (Å²) < 4.78 is 5.33. The lowest BCUT2D eigenvalue weighted by Gasteiger charge is -1.97. The van der Waals surface area contributed by atoms with Crippen molar-refractivity contribution in [1.82, 2.24) is 0 Å². The maximum absolute atomic E-state index is 5.33. The van der Waals surface area contributed by atoms with E-state index in [0.717, 1.165) is 12.8 Å². The van der Waals surface area contributed by atoms with Gasteiger partial charge in [-0.25, -0.2) is 0 Å². The van der Waals surface area contributed by atoms with E-state index in [1.54, 1.807) is 0 Å². The average Bonchev–Trinajstić information content (AvgIpc) is 2.43. The average molecular weight is 266 g/mol. The van der Waals surface area contributed by atoms with Gasteiger partial charge in [0.1, 0.15) is 0 Å². The quantitative estimate of drug-likeness (QED) is 0.249. The molecule has 0 aromatic heterocycles. The topological polar surface area (TPSA) is 9.23 Å². The molecule has 0 saturated heterocycles. The van der Waals surface area contributed by atoms with Crippen molar-refractivity contribution in [3.63, 3.8) is 0 Å². The van der Waals surface area contributed by atoms with Gasteiger partial charge in [-0.3, -0.25) is 0 Å². The van der Waals surface area contributed by atoms with Crippen molar-refractivity contribution in [2.75, 3.05) is 0 Å². The van der Waals surface area contributed by atoms with Crippen LogP contribution in [-0.4, -0.2) is 0 Å². The third-order valence-electron chi connectivity index (χ3n) is 3.30. The fourth-order valence-electron chi connectivity index (χ4n) is 2.02. The van der Waals surface area contributed by atoms with Gasteiger partial charge in [-0.15, -0.1) is 0 Å². The molecule has 0 aliphatic carbocycles. The molecule has 0 saturated carbocycles. The van der Waals surface area contributed by atoms with Crippen LogP contribution in [0.3, 0.4) is 0 Å². The molecule has 0 aromatic rings. The molecule has 112 valence electrons. The van der Waals surface area contributed by atoms with Crippen LogP contribution in [0, 0.1) is 0 Å². The van der Waals surface area contributed by atoms with Gasteiger partial charge in [-0.05, 0) is 37.8 Å². The summed E-state index contributed by atoms with van der Waals surface area (Å²) in [7, 11) is 0. The molecule has 0 spiro atoms. The molecular formula is C18H34O. The molecule has 1 heteroatoms. The predicted molar refractivity (Wildman–Crippen MR) is 86.1 cm³/mol. The van der Waals surface area contributed by atoms with Gasteiger partial charge in [0.15, 0.2) is 0 Å². The largest absolute Gasteiger partial charge is 0.473 e. The monoisotopic (exact) mass is 266 g/mol. The van der Waals surface area contributed by atoms with Crippen LogP contribution in [0.2, 0.25) is 0 Å². The van der Waals surface area contributed by atoms with E-state index in [4.69, 9.17) is 4.74 Å². The summed E-state index contributed by atoms with van der Waals surface area (Å²) in [5.41, 5.74) is 0. The Morgan fingerprint density at radius 1 is 0.579 bits per heavy atom. The number of rotatable bonds is 14. The molecule has 1 nitrogen and oxygen atoms in total. The molecule has 0 N–H and O–H groups in total. The van der Waals surface area contributed by atoms with Crippen LogP contribution in [0.4, 0.5) is 0 Å². The van der Waals surface area contributed by atoms with E-state index in [1.165, 1.54) is 64.2 Å². The minimum Gasteiger partial charge on any atom is -0.473 e. The zero-order chi connectivity index (χ0) is 14.0. The van der Waals surface area contributed by atoms with Crippen molar-refractivity contribution >= 4 is 0 Å². The number of ether oxygens (including phenoxy) is 1. The minimum absolute atomic E-state index is 1.15. The molecule has 0 fully saturated rings. The van der Waals surface area contributed by atoms with Crippen molar-refractivity contribution in [3.05, 3.63) is 24.7 Å². The standard InChI is InChI=1S/C18H34O/c1-3-5-7-9-11-13-15-17-19-18-16-14-12-10-8-6-4-2/h15-18H,3-14H2,1-2H3. The van der Waals surface area contributed by atoms with Crippen molar-refractivity contribution in [3.8, 4) is 0 Å². The maximum atomic E-state index is 5.33. The highest BCUT2D eigenvalue weighted by molar-refractivity contribution is 4.79. The third-order valence-corrected chi connectivity index (χ3v) is 3.30. The Labute approximate surface area is 121 Å². The molecule has 0 aromatic carbocycles. The molecule has 0 radical (unpaired) electrons. The van der Waals surface area contributed by atoms with E-state index < -0.39 is 0 Å². The number of hydrogen-bond acceptors (Lipinski definition) is 1. The van der Waals surface area contributed by atoms with Gasteiger partial charge < -0.3 is 4.74 Å². The van der Waals surface area contributed by atoms with Gasteiger partial charge >= 0.3 is 0 Å². The third kappa shape index (κ3) is 17.3. The summed E-state index contributed by atoms with van der Waals surface area (Å²) in [6, 6.07) is 0. The summed E-state index contributed by atoms with van der Waals surface area (Å²) in [6.07, 6.45) is 23.7. The van der Waals surface area contributed by atoms with Crippen molar-refractivity contribution in [2.24, 2.45) is 0 Å². The van der Waals surface area contributed by atoms with Crippen LogP contribution in [-0.2, 0) is 4.74 Å². The first-order valence-corrected chi connectivity index (χ1v) is 8.37. The first-order chi connectivity index (χ1) is 9.41. The molecule has 0 amide bonds. The number of allylic oxidation sites excluding steroid dienone is 2. The molecule has 0 aliphatic heterocycles. The highest BCUT2D eigenvalue weighted by atomic mass is 16.5. The van der Waals surface area contributed by atoms with Crippen LogP contribution in [0.1, 0.15) is 90.9 Å². The van der Waals surface area contributed by atoms with Gasteiger partial charge in [0, 0.05) is 0 Å². The van der Waals surface area contributed by atoms with E-state index >= 15 is 0 Å². The Balaban J connectivity index is 3.14. The highest BCUT2D eigenvalue weighted by Crippen LogP contribution is 2.06. The van der Waals surface area contributed by atoms with Gasteiger partial charge in [0.25, 0.3) is 0 Å². The molecule has 0 atom stereocenters. The Morgan fingerprint density at radius 2 is 1.00 bits per heavy atom. The van der Waals surface area contributed by atoms with Crippen molar-refractivity contribution in [2.45, 2.75) is 90.9 Å². The van der Waals surface area contributed by atoms with Gasteiger partial charge in [0.05, 0.1) is 12.5 Å². The normalized spacial score (nSPS) is 11.7. The number of hydrogen-bond donors (Lipinski definition) is 0. The second-order valence-electron chi connectivity index (χ2n) is 5.29. The summed E-state index contributed by atoms with van der Waals surface area (Å²) >= 11 is 0. The van der Waals surface area contributed by atoms with Crippen LogP contribution in [0.15, 0.2) is 24.7 Å². The Bertz CT molecular complexity index is 184. The molecule has 0 heterocycles. The van der Waals surface area contributed by atoms with Gasteiger partial charge in [-0.2, -0.15) is 0 Å². The zero-order valence-corrected chi connectivity index (χ0v) is 13.2. The lowest BCUT2D eigenvalue weighted by molar-refractivity contribution is 0.397. The smallest absolute Gasteiger partial charge is 0.0861 e. The van der Waals surface area contributed by atoms with Gasteiger partial charge in [-0.1, -0.05) is 65.2 Å².